The molecule has 0 bridgehead atoms. The Morgan fingerprint density at radius 2 is 1.81 bits per heavy atom. The molecule has 4 N–H and O–H groups in total. The molecule has 86 valence electrons. The van der Waals surface area contributed by atoms with Gasteiger partial charge in [0.2, 0.25) is 0 Å². The lowest BCUT2D eigenvalue weighted by Gasteiger charge is -2.13. The number of benzene rings is 1. The first-order valence-electron chi connectivity index (χ1n) is 4.75. The quantitative estimate of drug-likeness (QED) is 0.473. The highest BCUT2D eigenvalue weighted by molar-refractivity contribution is 5.99. The Bertz CT molecular complexity index is 375. The molecule has 2 atom stereocenters. The van der Waals surface area contributed by atoms with Crippen LogP contribution in [0.4, 0.5) is 0 Å². The minimum Gasteiger partial charge on any atom is -0.481 e. The number of Topliss-reactive ketones (excluding diaryl/α,β-unsaturated/α-hetero) is 1. The molecule has 0 saturated carbocycles. The smallest absolute Gasteiger partial charge is 0.318 e. The van der Waals surface area contributed by atoms with Crippen molar-refractivity contribution in [1.29, 1.82) is 0 Å². The van der Waals surface area contributed by atoms with Crippen molar-refractivity contribution >= 4 is 11.8 Å². The van der Waals surface area contributed by atoms with Gasteiger partial charge in [0.25, 0.3) is 0 Å². The maximum absolute atomic E-state index is 11.6. The van der Waals surface area contributed by atoms with Crippen LogP contribution in [0.2, 0.25) is 0 Å². The van der Waals surface area contributed by atoms with Gasteiger partial charge in [-0.15, -0.1) is 0 Å². The summed E-state index contributed by atoms with van der Waals surface area (Å²) in [5, 5.41) is 17.7. The first-order valence-corrected chi connectivity index (χ1v) is 4.75. The molecular weight excluding hydrogens is 210 g/mol. The van der Waals surface area contributed by atoms with Crippen LogP contribution in [-0.4, -0.2) is 28.2 Å². The fourth-order valence-electron chi connectivity index (χ4n) is 1.38. The number of hydrogen-bond acceptors (Lipinski definition) is 4. The topological polar surface area (TPSA) is 101 Å². The number of aliphatic hydroxyl groups is 1. The third kappa shape index (κ3) is 3.15. The van der Waals surface area contributed by atoms with E-state index >= 15 is 0 Å². The van der Waals surface area contributed by atoms with E-state index in [1.54, 1.807) is 30.3 Å². The second-order valence-electron chi connectivity index (χ2n) is 3.44. The van der Waals surface area contributed by atoms with E-state index in [1.165, 1.54) is 0 Å². The zero-order valence-electron chi connectivity index (χ0n) is 8.54. The molecule has 1 aromatic rings. The summed E-state index contributed by atoms with van der Waals surface area (Å²) < 4.78 is 0. The molecule has 5 nitrogen and oxygen atoms in total. The van der Waals surface area contributed by atoms with Crippen molar-refractivity contribution in [2.75, 3.05) is 0 Å². The summed E-state index contributed by atoms with van der Waals surface area (Å²) in [7, 11) is 0. The fourth-order valence-corrected chi connectivity index (χ4v) is 1.38. The molecule has 1 aromatic carbocycles. The summed E-state index contributed by atoms with van der Waals surface area (Å²) in [5.74, 6) is -3.58. The van der Waals surface area contributed by atoms with E-state index < -0.39 is 23.9 Å². The maximum atomic E-state index is 11.6. The van der Waals surface area contributed by atoms with Crippen LogP contribution in [-0.2, 0) is 16.0 Å². The normalized spacial score (nSPS) is 14.1. The molecule has 0 heterocycles. The van der Waals surface area contributed by atoms with Crippen molar-refractivity contribution in [1.82, 2.24) is 0 Å². The summed E-state index contributed by atoms with van der Waals surface area (Å²) >= 11 is 0. The number of ketones is 1. The van der Waals surface area contributed by atoms with Crippen molar-refractivity contribution in [3.05, 3.63) is 35.9 Å². The molecule has 0 radical (unpaired) electrons. The number of aliphatic hydroxyl groups excluding tert-OH is 1. The molecule has 0 amide bonds. The molecule has 0 aliphatic heterocycles. The Morgan fingerprint density at radius 1 is 1.25 bits per heavy atom. The maximum Gasteiger partial charge on any atom is 0.318 e. The van der Waals surface area contributed by atoms with Gasteiger partial charge in [0.05, 0.1) is 0 Å². The second kappa shape index (κ2) is 5.39. The molecule has 0 aliphatic carbocycles. The molecule has 16 heavy (non-hydrogen) atoms. The number of nitrogens with two attached hydrogens (primary N) is 1. The van der Waals surface area contributed by atoms with Gasteiger partial charge in [-0.25, -0.2) is 0 Å². The molecule has 0 saturated heterocycles. The van der Waals surface area contributed by atoms with Crippen molar-refractivity contribution < 1.29 is 19.8 Å². The van der Waals surface area contributed by atoms with E-state index in [4.69, 9.17) is 15.9 Å². The van der Waals surface area contributed by atoms with Crippen LogP contribution in [0.25, 0.3) is 0 Å². The molecular formula is C11H13NO4. The average molecular weight is 223 g/mol. The SMILES string of the molecule is NC(O)C(C(=O)O)C(=O)Cc1ccccc1. The molecule has 0 aromatic heterocycles. The summed E-state index contributed by atoms with van der Waals surface area (Å²) in [4.78, 5) is 22.3. The zero-order chi connectivity index (χ0) is 12.1. The highest BCUT2D eigenvalue weighted by Gasteiger charge is 2.31. The number of carboxylic acid groups (broad SMARTS) is 1. The monoisotopic (exact) mass is 223 g/mol. The van der Waals surface area contributed by atoms with Crippen LogP contribution in [0.1, 0.15) is 5.56 Å². The van der Waals surface area contributed by atoms with Crippen LogP contribution < -0.4 is 5.73 Å². The third-order valence-corrected chi connectivity index (χ3v) is 2.18. The van der Waals surface area contributed by atoms with Gasteiger partial charge >= 0.3 is 5.97 Å². The van der Waals surface area contributed by atoms with Gasteiger partial charge in [0.15, 0.2) is 11.7 Å². The molecule has 0 aliphatic rings. The van der Waals surface area contributed by atoms with Crippen LogP contribution in [0.15, 0.2) is 30.3 Å². The Balaban J connectivity index is 2.74. The predicted octanol–water partition coefficient (Wildman–Crippen LogP) is -0.224. The van der Waals surface area contributed by atoms with E-state index in [9.17, 15) is 9.59 Å². The first kappa shape index (κ1) is 12.4. The van der Waals surface area contributed by atoms with Crippen LogP contribution in [0.3, 0.4) is 0 Å². The minimum atomic E-state index is -1.67. The Morgan fingerprint density at radius 3 is 2.25 bits per heavy atom. The third-order valence-electron chi connectivity index (χ3n) is 2.18. The summed E-state index contributed by atoms with van der Waals surface area (Å²) in [5.41, 5.74) is 5.74. The fraction of sp³-hybridized carbons (Fsp3) is 0.273. The number of carbonyl (C=O) groups excluding carboxylic acids is 1. The molecule has 2 unspecified atom stereocenters. The van der Waals surface area contributed by atoms with Crippen molar-refractivity contribution in [2.24, 2.45) is 11.7 Å². The largest absolute Gasteiger partial charge is 0.481 e. The highest BCUT2D eigenvalue weighted by Crippen LogP contribution is 2.08. The first-order chi connectivity index (χ1) is 7.52. The standard InChI is InChI=1S/C11H13NO4/c12-10(14)9(11(15)16)8(13)6-7-4-2-1-3-5-7/h1-5,9-10,14H,6,12H2,(H,15,16). The number of hydrogen-bond donors (Lipinski definition) is 3. The lowest BCUT2D eigenvalue weighted by atomic mass is 9.97. The summed E-state index contributed by atoms with van der Waals surface area (Å²) in [6.45, 7) is 0. The second-order valence-corrected chi connectivity index (χ2v) is 3.44. The van der Waals surface area contributed by atoms with E-state index in [-0.39, 0.29) is 6.42 Å². The predicted molar refractivity (Wildman–Crippen MR) is 56.5 cm³/mol. The minimum absolute atomic E-state index is 0.0495. The van der Waals surface area contributed by atoms with Gasteiger partial charge < -0.3 is 15.9 Å². The Kier molecular flexibility index (Phi) is 4.16. The lowest BCUT2D eigenvalue weighted by Crippen LogP contribution is -2.41. The van der Waals surface area contributed by atoms with Crippen LogP contribution in [0.5, 0.6) is 0 Å². The van der Waals surface area contributed by atoms with E-state index in [0.717, 1.165) is 0 Å². The Labute approximate surface area is 92.5 Å². The molecule has 5 heteroatoms. The number of carboxylic acids is 1. The Hall–Kier alpha value is -1.72. The van der Waals surface area contributed by atoms with Crippen molar-refractivity contribution in [3.63, 3.8) is 0 Å². The average Bonchev–Trinajstić information content (AvgIpc) is 2.17. The van der Waals surface area contributed by atoms with Gasteiger partial charge in [-0.2, -0.15) is 0 Å². The molecule has 0 fully saturated rings. The van der Waals surface area contributed by atoms with E-state index in [2.05, 4.69) is 0 Å². The molecule has 0 spiro atoms. The highest BCUT2D eigenvalue weighted by atomic mass is 16.4. The summed E-state index contributed by atoms with van der Waals surface area (Å²) in [6, 6.07) is 8.70. The van der Waals surface area contributed by atoms with Gasteiger partial charge in [-0.3, -0.25) is 9.59 Å². The number of carbonyl (C=O) groups is 2. The van der Waals surface area contributed by atoms with Gasteiger partial charge in [-0.05, 0) is 5.56 Å². The zero-order valence-corrected chi connectivity index (χ0v) is 8.54. The van der Waals surface area contributed by atoms with Crippen molar-refractivity contribution in [2.45, 2.75) is 12.6 Å². The molecule has 1 rings (SSSR count). The van der Waals surface area contributed by atoms with E-state index in [1.807, 2.05) is 0 Å². The van der Waals surface area contributed by atoms with E-state index in [0.29, 0.717) is 5.56 Å². The van der Waals surface area contributed by atoms with Crippen LogP contribution in [0, 0.1) is 5.92 Å². The van der Waals surface area contributed by atoms with Gasteiger partial charge in [0.1, 0.15) is 6.23 Å². The number of aliphatic carboxylic acids is 1. The lowest BCUT2D eigenvalue weighted by molar-refractivity contribution is -0.150. The number of rotatable bonds is 5. The van der Waals surface area contributed by atoms with Crippen molar-refractivity contribution in [3.8, 4) is 0 Å². The summed E-state index contributed by atoms with van der Waals surface area (Å²) in [6.07, 6.45) is -1.72. The van der Waals surface area contributed by atoms with Gasteiger partial charge in [0, 0.05) is 6.42 Å². The van der Waals surface area contributed by atoms with Gasteiger partial charge in [-0.1, -0.05) is 30.3 Å². The van der Waals surface area contributed by atoms with Crippen LogP contribution >= 0.6 is 0 Å².